The molecule has 0 unspecified atom stereocenters. The molecule has 0 aliphatic carbocycles. The third kappa shape index (κ3) is 2.96. The van der Waals surface area contributed by atoms with Gasteiger partial charge in [-0.25, -0.2) is 4.98 Å². The molecule has 0 radical (unpaired) electrons. The van der Waals surface area contributed by atoms with Crippen LogP contribution in [0.1, 0.15) is 12.5 Å². The lowest BCUT2D eigenvalue weighted by Crippen LogP contribution is -1.93. The number of rotatable bonds is 4. The summed E-state index contributed by atoms with van der Waals surface area (Å²) in [6.45, 7) is 1.52. The third-order valence-electron chi connectivity index (χ3n) is 2.13. The highest BCUT2D eigenvalue weighted by Gasteiger charge is 2.07. The molecule has 0 spiro atoms. The number of nitrogens with one attached hydrogen (secondary N) is 1. The van der Waals surface area contributed by atoms with Crippen molar-refractivity contribution in [3.05, 3.63) is 29.8 Å². The van der Waals surface area contributed by atoms with Gasteiger partial charge in [-0.1, -0.05) is 23.9 Å². The zero-order chi connectivity index (χ0) is 13.0. The normalized spacial score (nSPS) is 10.0. The second-order valence-corrected chi connectivity index (χ2v) is 4.59. The molecule has 90 valence electrons. The number of aromatic amines is 1. The van der Waals surface area contributed by atoms with Crippen molar-refractivity contribution in [1.82, 2.24) is 15.2 Å². The van der Waals surface area contributed by atoms with Crippen LogP contribution in [0.5, 0.6) is 0 Å². The van der Waals surface area contributed by atoms with Gasteiger partial charge >= 0.3 is 0 Å². The predicted octanol–water partition coefficient (Wildman–Crippen LogP) is 2.02. The summed E-state index contributed by atoms with van der Waals surface area (Å²) < 4.78 is 0. The van der Waals surface area contributed by atoms with E-state index >= 15 is 0 Å². The zero-order valence-electron chi connectivity index (χ0n) is 9.67. The molecule has 0 fully saturated rings. The minimum Gasteiger partial charge on any atom is -0.299 e. The van der Waals surface area contributed by atoms with Gasteiger partial charge in [-0.15, -0.1) is 5.10 Å². The van der Waals surface area contributed by atoms with Crippen LogP contribution in [0.4, 0.5) is 0 Å². The molecular formula is C12H10N4OS. The average molecular weight is 258 g/mol. The lowest BCUT2D eigenvalue weighted by Gasteiger charge is -1.95. The quantitative estimate of drug-likeness (QED) is 0.848. The van der Waals surface area contributed by atoms with E-state index in [4.69, 9.17) is 5.26 Å². The van der Waals surface area contributed by atoms with Crippen molar-refractivity contribution in [2.24, 2.45) is 0 Å². The van der Waals surface area contributed by atoms with Crippen LogP contribution in [0.3, 0.4) is 0 Å². The van der Waals surface area contributed by atoms with Crippen LogP contribution in [0.25, 0.3) is 11.4 Å². The van der Waals surface area contributed by atoms with Crippen LogP contribution in [0.15, 0.2) is 29.4 Å². The zero-order valence-corrected chi connectivity index (χ0v) is 10.5. The number of carbonyl (C=O) groups excluding carboxylic acids is 1. The van der Waals surface area contributed by atoms with E-state index in [9.17, 15) is 4.79 Å². The Bertz CT molecular complexity index is 615. The SMILES string of the molecule is CC(=O)CSc1n[nH]c(-c2cccc(C#N)c2)n1. The van der Waals surface area contributed by atoms with Crippen LogP contribution in [0, 0.1) is 11.3 Å². The molecule has 0 amide bonds. The highest BCUT2D eigenvalue weighted by atomic mass is 32.2. The van der Waals surface area contributed by atoms with Gasteiger partial charge in [0.05, 0.1) is 17.4 Å². The first-order valence-corrected chi connectivity index (χ1v) is 6.23. The van der Waals surface area contributed by atoms with E-state index in [1.807, 2.05) is 6.07 Å². The van der Waals surface area contributed by atoms with Crippen molar-refractivity contribution in [2.75, 3.05) is 5.75 Å². The maximum Gasteiger partial charge on any atom is 0.209 e. The first-order chi connectivity index (χ1) is 8.69. The largest absolute Gasteiger partial charge is 0.299 e. The highest BCUT2D eigenvalue weighted by Crippen LogP contribution is 2.19. The molecule has 0 aliphatic heterocycles. The molecule has 1 heterocycles. The molecular weight excluding hydrogens is 248 g/mol. The van der Waals surface area contributed by atoms with Gasteiger partial charge in [0.15, 0.2) is 5.82 Å². The Balaban J connectivity index is 2.19. The Morgan fingerprint density at radius 1 is 1.56 bits per heavy atom. The predicted molar refractivity (Wildman–Crippen MR) is 67.9 cm³/mol. The molecule has 1 N–H and O–H groups in total. The minimum atomic E-state index is 0.0813. The van der Waals surface area contributed by atoms with Crippen LogP contribution in [-0.4, -0.2) is 26.7 Å². The van der Waals surface area contributed by atoms with Gasteiger partial charge in [0.25, 0.3) is 0 Å². The van der Waals surface area contributed by atoms with E-state index < -0.39 is 0 Å². The molecule has 6 heteroatoms. The van der Waals surface area contributed by atoms with Gasteiger partial charge in [-0.2, -0.15) is 5.26 Å². The summed E-state index contributed by atoms with van der Waals surface area (Å²) in [5, 5.41) is 16.2. The van der Waals surface area contributed by atoms with Crippen molar-refractivity contribution >= 4 is 17.5 Å². The average Bonchev–Trinajstić information content (AvgIpc) is 2.85. The summed E-state index contributed by atoms with van der Waals surface area (Å²) in [6.07, 6.45) is 0. The summed E-state index contributed by atoms with van der Waals surface area (Å²) in [4.78, 5) is 15.1. The summed E-state index contributed by atoms with van der Waals surface area (Å²) in [5.74, 6) is 1.03. The van der Waals surface area contributed by atoms with Gasteiger partial charge < -0.3 is 0 Å². The monoisotopic (exact) mass is 258 g/mol. The molecule has 0 atom stereocenters. The van der Waals surface area contributed by atoms with E-state index in [0.29, 0.717) is 22.3 Å². The lowest BCUT2D eigenvalue weighted by molar-refractivity contribution is -0.114. The molecule has 0 saturated heterocycles. The van der Waals surface area contributed by atoms with Crippen molar-refractivity contribution < 1.29 is 4.79 Å². The van der Waals surface area contributed by atoms with E-state index in [0.717, 1.165) is 5.56 Å². The standard InChI is InChI=1S/C12H10N4OS/c1-8(17)7-18-12-14-11(15-16-12)10-4-2-3-9(5-10)6-13/h2-5H,7H2,1H3,(H,14,15,16). The summed E-state index contributed by atoms with van der Waals surface area (Å²) in [6, 6.07) is 9.17. The Morgan fingerprint density at radius 2 is 2.39 bits per heavy atom. The summed E-state index contributed by atoms with van der Waals surface area (Å²) in [7, 11) is 0. The van der Waals surface area contributed by atoms with Crippen LogP contribution in [0.2, 0.25) is 0 Å². The van der Waals surface area contributed by atoms with E-state index in [1.165, 1.54) is 18.7 Å². The Labute approximate surface area is 108 Å². The molecule has 5 nitrogen and oxygen atoms in total. The molecule has 2 aromatic rings. The Kier molecular flexibility index (Phi) is 3.75. The molecule has 0 saturated carbocycles. The first-order valence-electron chi connectivity index (χ1n) is 5.24. The fraction of sp³-hybridized carbons (Fsp3) is 0.167. The van der Waals surface area contributed by atoms with E-state index in [1.54, 1.807) is 18.2 Å². The second kappa shape index (κ2) is 5.47. The number of hydrogen-bond acceptors (Lipinski definition) is 5. The fourth-order valence-corrected chi connectivity index (χ4v) is 1.94. The number of nitrogens with zero attached hydrogens (tertiary/aromatic N) is 3. The number of nitriles is 1. The smallest absolute Gasteiger partial charge is 0.209 e. The van der Waals surface area contributed by atoms with Gasteiger partial charge in [-0.3, -0.25) is 9.89 Å². The summed E-state index contributed by atoms with van der Waals surface area (Å²) >= 11 is 1.29. The molecule has 0 aliphatic rings. The van der Waals surface area contributed by atoms with Crippen molar-refractivity contribution in [3.63, 3.8) is 0 Å². The topological polar surface area (TPSA) is 82.4 Å². The van der Waals surface area contributed by atoms with E-state index in [-0.39, 0.29) is 5.78 Å². The minimum absolute atomic E-state index is 0.0813. The highest BCUT2D eigenvalue weighted by molar-refractivity contribution is 7.99. The molecule has 2 rings (SSSR count). The van der Waals surface area contributed by atoms with Gasteiger partial charge in [-0.05, 0) is 19.1 Å². The van der Waals surface area contributed by atoms with Crippen molar-refractivity contribution in [1.29, 1.82) is 5.26 Å². The van der Waals surface area contributed by atoms with Crippen molar-refractivity contribution in [3.8, 4) is 17.5 Å². The van der Waals surface area contributed by atoms with Gasteiger partial charge in [0.2, 0.25) is 5.16 Å². The first kappa shape index (κ1) is 12.3. The van der Waals surface area contributed by atoms with E-state index in [2.05, 4.69) is 21.3 Å². The van der Waals surface area contributed by atoms with Crippen LogP contribution >= 0.6 is 11.8 Å². The molecule has 0 bridgehead atoms. The fourth-order valence-electron chi connectivity index (χ4n) is 1.34. The molecule has 1 aromatic carbocycles. The maximum atomic E-state index is 10.9. The number of Topliss-reactive ketones (excluding diaryl/α,β-unsaturated/α-hetero) is 1. The Morgan fingerprint density at radius 3 is 3.11 bits per heavy atom. The van der Waals surface area contributed by atoms with Crippen molar-refractivity contribution in [2.45, 2.75) is 12.1 Å². The maximum absolute atomic E-state index is 10.9. The van der Waals surface area contributed by atoms with Crippen LogP contribution in [-0.2, 0) is 4.79 Å². The third-order valence-corrected chi connectivity index (χ3v) is 3.13. The number of benzene rings is 1. The Hall–Kier alpha value is -2.13. The number of H-pyrrole nitrogens is 1. The van der Waals surface area contributed by atoms with Crippen LogP contribution < -0.4 is 0 Å². The number of ketones is 1. The lowest BCUT2D eigenvalue weighted by atomic mass is 10.1. The number of aromatic nitrogens is 3. The second-order valence-electron chi connectivity index (χ2n) is 3.65. The van der Waals surface area contributed by atoms with Gasteiger partial charge in [0.1, 0.15) is 5.78 Å². The number of carbonyl (C=O) groups is 1. The van der Waals surface area contributed by atoms with Gasteiger partial charge in [0, 0.05) is 5.56 Å². The number of hydrogen-bond donors (Lipinski definition) is 1. The molecule has 18 heavy (non-hydrogen) atoms. The molecule has 1 aromatic heterocycles. The number of thioether (sulfide) groups is 1. The summed E-state index contributed by atoms with van der Waals surface area (Å²) in [5.41, 5.74) is 1.37.